The third-order valence-corrected chi connectivity index (χ3v) is 6.58. The van der Waals surface area contributed by atoms with E-state index in [0.29, 0.717) is 18.7 Å². The summed E-state index contributed by atoms with van der Waals surface area (Å²) < 4.78 is 33.0. The van der Waals surface area contributed by atoms with Gasteiger partial charge < -0.3 is 15.4 Å². The van der Waals surface area contributed by atoms with Gasteiger partial charge in [0.25, 0.3) is 5.91 Å². The smallest absolute Gasteiger partial charge is 0.251 e. The number of nitrogens with zero attached hydrogens (tertiary/aromatic N) is 1. The normalized spacial score (nSPS) is 27.8. The van der Waals surface area contributed by atoms with Gasteiger partial charge in [0.2, 0.25) is 10.0 Å². The van der Waals surface area contributed by atoms with E-state index in [4.69, 9.17) is 4.74 Å². The maximum absolute atomic E-state index is 13.0. The zero-order valence-electron chi connectivity index (χ0n) is 15.3. The number of hydrogen-bond donors (Lipinski definition) is 2. The van der Waals surface area contributed by atoms with Crippen LogP contribution in [0.2, 0.25) is 0 Å². The maximum Gasteiger partial charge on any atom is 0.251 e. The van der Waals surface area contributed by atoms with Crippen molar-refractivity contribution in [2.24, 2.45) is 0 Å². The topological polar surface area (TPSA) is 87.7 Å². The third-order valence-electron chi connectivity index (χ3n) is 4.75. The van der Waals surface area contributed by atoms with Crippen LogP contribution in [0.5, 0.6) is 0 Å². The molecule has 0 spiro atoms. The van der Waals surface area contributed by atoms with Gasteiger partial charge in [-0.25, -0.2) is 8.42 Å². The van der Waals surface area contributed by atoms with Crippen LogP contribution in [-0.4, -0.2) is 63.1 Å². The molecule has 7 nitrogen and oxygen atoms in total. The molecule has 2 aliphatic heterocycles. The highest BCUT2D eigenvalue weighted by molar-refractivity contribution is 7.89. The fourth-order valence-corrected chi connectivity index (χ4v) is 5.15. The predicted molar refractivity (Wildman–Crippen MR) is 98.6 cm³/mol. The highest BCUT2D eigenvalue weighted by atomic mass is 32.2. The van der Waals surface area contributed by atoms with Gasteiger partial charge in [-0.2, -0.15) is 4.31 Å². The molecule has 2 fully saturated rings. The lowest BCUT2D eigenvalue weighted by Crippen LogP contribution is -2.48. The second-order valence-corrected chi connectivity index (χ2v) is 9.06. The third kappa shape index (κ3) is 4.43. The van der Waals surface area contributed by atoms with Crippen molar-refractivity contribution in [2.45, 2.75) is 49.8 Å². The molecule has 8 heteroatoms. The summed E-state index contributed by atoms with van der Waals surface area (Å²) in [6, 6.07) is 6.35. The van der Waals surface area contributed by atoms with Gasteiger partial charge in [-0.1, -0.05) is 6.07 Å². The number of carbonyl (C=O) groups is 1. The van der Waals surface area contributed by atoms with Crippen molar-refractivity contribution in [2.75, 3.05) is 26.2 Å². The van der Waals surface area contributed by atoms with Gasteiger partial charge in [0, 0.05) is 31.2 Å². The molecule has 1 aromatic carbocycles. The number of benzene rings is 1. The van der Waals surface area contributed by atoms with Crippen LogP contribution in [0.25, 0.3) is 0 Å². The standard InChI is InChI=1S/C18H27N3O4S/c1-13-11-21(12-14(2)25-13)26(23,24)17-7-3-5-15(9-17)18(22)20-16-6-4-8-19-10-16/h3,5,7,9,13-14,16,19H,4,6,8,10-12H2,1-2H3,(H,20,22). The van der Waals surface area contributed by atoms with E-state index in [1.807, 2.05) is 13.8 Å². The number of piperidine rings is 1. The molecule has 0 bridgehead atoms. The Morgan fingerprint density at radius 3 is 2.65 bits per heavy atom. The van der Waals surface area contributed by atoms with E-state index in [0.717, 1.165) is 25.9 Å². The van der Waals surface area contributed by atoms with Crippen molar-refractivity contribution < 1.29 is 17.9 Å². The van der Waals surface area contributed by atoms with Gasteiger partial charge in [-0.15, -0.1) is 0 Å². The van der Waals surface area contributed by atoms with Crippen LogP contribution in [0.4, 0.5) is 0 Å². The Morgan fingerprint density at radius 2 is 2.00 bits per heavy atom. The summed E-state index contributed by atoms with van der Waals surface area (Å²) in [5, 5.41) is 6.23. The molecule has 2 N–H and O–H groups in total. The SMILES string of the molecule is CC1CN(S(=O)(=O)c2cccc(C(=O)NC3CCCNC3)c2)CC(C)O1. The first-order valence-corrected chi connectivity index (χ1v) is 10.6. The van der Waals surface area contributed by atoms with Gasteiger partial charge in [0.15, 0.2) is 0 Å². The number of amides is 1. The van der Waals surface area contributed by atoms with E-state index < -0.39 is 10.0 Å². The van der Waals surface area contributed by atoms with E-state index in [-0.39, 0.29) is 29.1 Å². The van der Waals surface area contributed by atoms with Crippen molar-refractivity contribution in [1.29, 1.82) is 0 Å². The predicted octanol–water partition coefficient (Wildman–Crippen LogP) is 0.966. The lowest BCUT2D eigenvalue weighted by molar-refractivity contribution is -0.0440. The second-order valence-electron chi connectivity index (χ2n) is 7.12. The fraction of sp³-hybridized carbons (Fsp3) is 0.611. The van der Waals surface area contributed by atoms with Crippen LogP contribution in [0, 0.1) is 0 Å². The van der Waals surface area contributed by atoms with E-state index in [1.54, 1.807) is 18.2 Å². The molecule has 2 heterocycles. The van der Waals surface area contributed by atoms with Crippen molar-refractivity contribution >= 4 is 15.9 Å². The molecular formula is C18H27N3O4S. The zero-order chi connectivity index (χ0) is 18.7. The second kappa shape index (κ2) is 8.04. The molecule has 3 rings (SSSR count). The maximum atomic E-state index is 13.0. The molecule has 0 aliphatic carbocycles. The molecular weight excluding hydrogens is 354 g/mol. The molecule has 2 saturated heterocycles. The van der Waals surface area contributed by atoms with Gasteiger partial charge in [0.05, 0.1) is 17.1 Å². The van der Waals surface area contributed by atoms with Gasteiger partial charge >= 0.3 is 0 Å². The number of carbonyl (C=O) groups excluding carboxylic acids is 1. The highest BCUT2D eigenvalue weighted by Gasteiger charge is 2.32. The highest BCUT2D eigenvalue weighted by Crippen LogP contribution is 2.22. The minimum atomic E-state index is -3.66. The lowest BCUT2D eigenvalue weighted by atomic mass is 10.1. The summed E-state index contributed by atoms with van der Waals surface area (Å²) in [4.78, 5) is 12.7. The van der Waals surface area contributed by atoms with Gasteiger partial charge in [-0.05, 0) is 51.4 Å². The van der Waals surface area contributed by atoms with Crippen molar-refractivity contribution in [1.82, 2.24) is 14.9 Å². The molecule has 144 valence electrons. The van der Waals surface area contributed by atoms with Crippen molar-refractivity contribution in [3.8, 4) is 0 Å². The summed E-state index contributed by atoms with van der Waals surface area (Å²) in [5.41, 5.74) is 0.367. The van der Waals surface area contributed by atoms with E-state index in [2.05, 4.69) is 10.6 Å². The molecule has 0 radical (unpaired) electrons. The molecule has 2 aliphatic rings. The molecule has 26 heavy (non-hydrogen) atoms. The number of sulfonamides is 1. The lowest BCUT2D eigenvalue weighted by Gasteiger charge is -2.34. The number of hydrogen-bond acceptors (Lipinski definition) is 5. The van der Waals surface area contributed by atoms with Crippen molar-refractivity contribution in [3.05, 3.63) is 29.8 Å². The fourth-order valence-electron chi connectivity index (χ4n) is 3.52. The van der Waals surface area contributed by atoms with Crippen LogP contribution in [0.3, 0.4) is 0 Å². The Balaban J connectivity index is 1.76. The summed E-state index contributed by atoms with van der Waals surface area (Å²) in [5.74, 6) is -0.237. The number of nitrogens with one attached hydrogen (secondary N) is 2. The summed E-state index contributed by atoms with van der Waals surface area (Å²) in [7, 11) is -3.66. The minimum Gasteiger partial charge on any atom is -0.373 e. The quantitative estimate of drug-likeness (QED) is 0.811. The van der Waals surface area contributed by atoms with Crippen LogP contribution in [0.15, 0.2) is 29.2 Å². The number of rotatable bonds is 4. The van der Waals surface area contributed by atoms with Gasteiger partial charge in [-0.3, -0.25) is 4.79 Å². The van der Waals surface area contributed by atoms with Crippen LogP contribution in [-0.2, 0) is 14.8 Å². The first-order valence-electron chi connectivity index (χ1n) is 9.13. The average molecular weight is 381 g/mol. The largest absolute Gasteiger partial charge is 0.373 e. The first-order chi connectivity index (χ1) is 12.4. The summed E-state index contributed by atoms with van der Waals surface area (Å²) >= 11 is 0. The van der Waals surface area contributed by atoms with E-state index >= 15 is 0 Å². The molecule has 3 atom stereocenters. The van der Waals surface area contributed by atoms with Crippen molar-refractivity contribution in [3.63, 3.8) is 0 Å². The first kappa shape index (κ1) is 19.3. The van der Waals surface area contributed by atoms with Crippen LogP contribution >= 0.6 is 0 Å². The minimum absolute atomic E-state index is 0.0810. The Bertz CT molecular complexity index is 737. The molecule has 1 amide bonds. The molecule has 0 aromatic heterocycles. The average Bonchev–Trinajstić information content (AvgIpc) is 2.62. The zero-order valence-corrected chi connectivity index (χ0v) is 16.1. The Hall–Kier alpha value is -1.48. The Labute approximate surface area is 155 Å². The number of morpholine rings is 1. The Kier molecular flexibility index (Phi) is 5.96. The summed E-state index contributed by atoms with van der Waals surface area (Å²) in [6.45, 7) is 6.07. The van der Waals surface area contributed by atoms with Crippen LogP contribution < -0.4 is 10.6 Å². The molecule has 0 saturated carbocycles. The summed E-state index contributed by atoms with van der Waals surface area (Å²) in [6.07, 6.45) is 1.64. The monoisotopic (exact) mass is 381 g/mol. The van der Waals surface area contributed by atoms with Crippen LogP contribution in [0.1, 0.15) is 37.0 Å². The molecule has 3 unspecified atom stereocenters. The van der Waals surface area contributed by atoms with Gasteiger partial charge in [0.1, 0.15) is 0 Å². The Morgan fingerprint density at radius 1 is 1.27 bits per heavy atom. The van der Waals surface area contributed by atoms with E-state index in [9.17, 15) is 13.2 Å². The number of ether oxygens (including phenoxy) is 1. The molecule has 1 aromatic rings. The van der Waals surface area contributed by atoms with E-state index in [1.165, 1.54) is 10.4 Å².